The van der Waals surface area contributed by atoms with Gasteiger partial charge in [0.1, 0.15) is 6.61 Å². The van der Waals surface area contributed by atoms with E-state index >= 15 is 0 Å². The number of esters is 1. The van der Waals surface area contributed by atoms with E-state index in [1.165, 1.54) is 5.56 Å². The first-order valence-corrected chi connectivity index (χ1v) is 8.08. The SMILES string of the molecule is C=C(C)C(=O)OCCN(C)c1ccc(N=Nc2ccc(C)cc2)cc1. The Balaban J connectivity index is 1.89. The second-order valence-electron chi connectivity index (χ2n) is 5.89. The second-order valence-corrected chi connectivity index (χ2v) is 5.89. The minimum absolute atomic E-state index is 0.317. The highest BCUT2D eigenvalue weighted by Gasteiger charge is 2.05. The fourth-order valence-electron chi connectivity index (χ4n) is 2.03. The summed E-state index contributed by atoms with van der Waals surface area (Å²) in [5, 5.41) is 8.46. The number of rotatable bonds is 7. The first-order valence-electron chi connectivity index (χ1n) is 8.08. The van der Waals surface area contributed by atoms with E-state index in [9.17, 15) is 4.79 Å². The van der Waals surface area contributed by atoms with Crippen LogP contribution in [0.5, 0.6) is 0 Å². The van der Waals surface area contributed by atoms with Gasteiger partial charge in [0.15, 0.2) is 0 Å². The molecule has 0 aliphatic carbocycles. The molecule has 0 bridgehead atoms. The molecule has 25 heavy (non-hydrogen) atoms. The van der Waals surface area contributed by atoms with Crippen LogP contribution < -0.4 is 4.90 Å². The quantitative estimate of drug-likeness (QED) is 0.407. The van der Waals surface area contributed by atoms with Crippen molar-refractivity contribution in [3.8, 4) is 0 Å². The van der Waals surface area contributed by atoms with Crippen molar-refractivity contribution in [3.05, 3.63) is 66.2 Å². The van der Waals surface area contributed by atoms with Gasteiger partial charge in [0.2, 0.25) is 0 Å². The Morgan fingerprint density at radius 1 is 1.04 bits per heavy atom. The van der Waals surface area contributed by atoms with Gasteiger partial charge in [-0.3, -0.25) is 0 Å². The molecule has 130 valence electrons. The lowest BCUT2D eigenvalue weighted by Crippen LogP contribution is -2.23. The Labute approximate surface area is 148 Å². The van der Waals surface area contributed by atoms with Crippen molar-refractivity contribution in [1.29, 1.82) is 0 Å². The molecular weight excluding hydrogens is 314 g/mol. The van der Waals surface area contributed by atoms with Gasteiger partial charge in [-0.25, -0.2) is 4.79 Å². The normalized spacial score (nSPS) is 10.7. The van der Waals surface area contributed by atoms with Crippen LogP contribution in [-0.2, 0) is 9.53 Å². The van der Waals surface area contributed by atoms with Gasteiger partial charge in [0, 0.05) is 18.3 Å². The highest BCUT2D eigenvalue weighted by Crippen LogP contribution is 2.21. The van der Waals surface area contributed by atoms with Gasteiger partial charge in [-0.05, 0) is 50.2 Å². The molecule has 0 atom stereocenters. The maximum atomic E-state index is 11.3. The Hall–Kier alpha value is -2.95. The standard InChI is InChI=1S/C20H23N3O2/c1-15(2)20(24)25-14-13-23(4)19-11-9-18(10-12-19)22-21-17-7-5-16(3)6-8-17/h5-12H,1,13-14H2,2-4H3. The van der Waals surface area contributed by atoms with Crippen LogP contribution >= 0.6 is 0 Å². The molecule has 0 spiro atoms. The zero-order valence-corrected chi connectivity index (χ0v) is 14.9. The fraction of sp³-hybridized carbons (Fsp3) is 0.250. The van der Waals surface area contributed by atoms with Gasteiger partial charge in [-0.2, -0.15) is 10.2 Å². The van der Waals surface area contributed by atoms with Gasteiger partial charge in [-0.15, -0.1) is 0 Å². The minimum atomic E-state index is -0.361. The monoisotopic (exact) mass is 337 g/mol. The van der Waals surface area contributed by atoms with E-state index in [0.717, 1.165) is 17.1 Å². The Kier molecular flexibility index (Phi) is 6.46. The first kappa shape index (κ1) is 18.4. The summed E-state index contributed by atoms with van der Waals surface area (Å²) in [5.41, 5.74) is 4.23. The molecule has 0 amide bonds. The van der Waals surface area contributed by atoms with Crippen molar-refractivity contribution < 1.29 is 9.53 Å². The summed E-state index contributed by atoms with van der Waals surface area (Å²) in [5.74, 6) is -0.361. The van der Waals surface area contributed by atoms with Crippen LogP contribution in [0.3, 0.4) is 0 Å². The summed E-state index contributed by atoms with van der Waals surface area (Å²) in [6, 6.07) is 15.6. The fourth-order valence-corrected chi connectivity index (χ4v) is 2.03. The molecule has 0 heterocycles. The molecule has 2 aromatic rings. The highest BCUT2D eigenvalue weighted by atomic mass is 16.5. The predicted molar refractivity (Wildman–Crippen MR) is 101 cm³/mol. The maximum absolute atomic E-state index is 11.3. The third kappa shape index (κ3) is 5.88. The van der Waals surface area contributed by atoms with E-state index in [-0.39, 0.29) is 5.97 Å². The molecule has 0 saturated heterocycles. The van der Waals surface area contributed by atoms with Gasteiger partial charge in [0.25, 0.3) is 0 Å². The van der Waals surface area contributed by atoms with Gasteiger partial charge < -0.3 is 9.64 Å². The summed E-state index contributed by atoms with van der Waals surface area (Å²) < 4.78 is 5.10. The van der Waals surface area contributed by atoms with Gasteiger partial charge >= 0.3 is 5.97 Å². The third-order valence-electron chi connectivity index (χ3n) is 3.61. The number of hydrogen-bond acceptors (Lipinski definition) is 5. The lowest BCUT2D eigenvalue weighted by molar-refractivity contribution is -0.138. The largest absolute Gasteiger partial charge is 0.460 e. The smallest absolute Gasteiger partial charge is 0.333 e. The predicted octanol–water partition coefficient (Wildman–Crippen LogP) is 4.97. The minimum Gasteiger partial charge on any atom is -0.460 e. The Morgan fingerprint density at radius 3 is 2.08 bits per heavy atom. The molecule has 5 heteroatoms. The van der Waals surface area contributed by atoms with Crippen molar-refractivity contribution >= 4 is 23.0 Å². The number of azo groups is 1. The lowest BCUT2D eigenvalue weighted by Gasteiger charge is -2.19. The molecule has 0 saturated carbocycles. The number of aryl methyl sites for hydroxylation is 1. The van der Waals surface area contributed by atoms with Crippen LogP contribution in [0.4, 0.5) is 17.1 Å². The summed E-state index contributed by atoms with van der Waals surface area (Å²) in [6.07, 6.45) is 0. The molecule has 0 aliphatic heterocycles. The van der Waals surface area contributed by atoms with Crippen LogP contribution in [0.1, 0.15) is 12.5 Å². The van der Waals surface area contributed by atoms with Crippen LogP contribution in [0, 0.1) is 6.92 Å². The van der Waals surface area contributed by atoms with Crippen LogP contribution in [0.2, 0.25) is 0 Å². The summed E-state index contributed by atoms with van der Waals surface area (Å²) >= 11 is 0. The molecule has 0 radical (unpaired) electrons. The van der Waals surface area contributed by atoms with E-state index in [4.69, 9.17) is 4.74 Å². The van der Waals surface area contributed by atoms with Crippen LogP contribution in [-0.4, -0.2) is 26.2 Å². The molecule has 0 aliphatic rings. The molecule has 0 N–H and O–H groups in total. The molecule has 2 aromatic carbocycles. The second kappa shape index (κ2) is 8.78. The summed E-state index contributed by atoms with van der Waals surface area (Å²) in [4.78, 5) is 13.4. The van der Waals surface area contributed by atoms with Crippen molar-refractivity contribution in [2.75, 3.05) is 25.1 Å². The third-order valence-corrected chi connectivity index (χ3v) is 3.61. The van der Waals surface area contributed by atoms with E-state index in [1.807, 2.05) is 67.4 Å². The Bertz CT molecular complexity index is 750. The molecular formula is C20H23N3O2. The summed E-state index contributed by atoms with van der Waals surface area (Å²) in [6.45, 7) is 8.15. The van der Waals surface area contributed by atoms with Crippen molar-refractivity contribution in [1.82, 2.24) is 0 Å². The van der Waals surface area contributed by atoms with Crippen LogP contribution in [0.25, 0.3) is 0 Å². The van der Waals surface area contributed by atoms with Crippen LogP contribution in [0.15, 0.2) is 70.9 Å². The van der Waals surface area contributed by atoms with E-state index in [0.29, 0.717) is 18.7 Å². The first-order chi connectivity index (χ1) is 12.0. The number of benzene rings is 2. The lowest BCUT2D eigenvalue weighted by atomic mass is 10.2. The zero-order valence-electron chi connectivity index (χ0n) is 14.9. The van der Waals surface area contributed by atoms with E-state index in [1.54, 1.807) is 6.92 Å². The van der Waals surface area contributed by atoms with Crippen molar-refractivity contribution in [2.24, 2.45) is 10.2 Å². The molecule has 5 nitrogen and oxygen atoms in total. The number of likely N-dealkylation sites (N-methyl/N-ethyl adjacent to an activating group) is 1. The molecule has 2 rings (SSSR count). The Morgan fingerprint density at radius 2 is 1.56 bits per heavy atom. The summed E-state index contributed by atoms with van der Waals surface area (Å²) in [7, 11) is 1.94. The van der Waals surface area contributed by atoms with Gasteiger partial charge in [0.05, 0.1) is 17.9 Å². The average Bonchev–Trinajstić information content (AvgIpc) is 2.61. The van der Waals surface area contributed by atoms with Crippen molar-refractivity contribution in [2.45, 2.75) is 13.8 Å². The average molecular weight is 337 g/mol. The number of nitrogens with zero attached hydrogens (tertiary/aromatic N) is 3. The number of hydrogen-bond donors (Lipinski definition) is 0. The van der Waals surface area contributed by atoms with Gasteiger partial charge in [-0.1, -0.05) is 24.3 Å². The van der Waals surface area contributed by atoms with E-state index < -0.39 is 0 Å². The number of carbonyl (C=O) groups is 1. The molecule has 0 fully saturated rings. The maximum Gasteiger partial charge on any atom is 0.333 e. The zero-order chi connectivity index (χ0) is 18.2. The van der Waals surface area contributed by atoms with Crippen molar-refractivity contribution in [3.63, 3.8) is 0 Å². The molecule has 0 unspecified atom stereocenters. The topological polar surface area (TPSA) is 54.3 Å². The number of anilines is 1. The number of ether oxygens (including phenoxy) is 1. The van der Waals surface area contributed by atoms with E-state index in [2.05, 4.69) is 16.8 Å². The molecule has 0 aromatic heterocycles. The highest BCUT2D eigenvalue weighted by molar-refractivity contribution is 5.86. The number of carbonyl (C=O) groups excluding carboxylic acids is 1.